The number of rotatable bonds is 5. The summed E-state index contributed by atoms with van der Waals surface area (Å²) in [7, 11) is 0. The lowest BCUT2D eigenvalue weighted by Crippen LogP contribution is -2.06. The molecule has 2 N–H and O–H groups in total. The molecule has 7 nitrogen and oxygen atoms in total. The van der Waals surface area contributed by atoms with Crippen molar-refractivity contribution in [3.8, 4) is 6.01 Å². The van der Waals surface area contributed by atoms with E-state index in [0.717, 1.165) is 11.3 Å². The summed E-state index contributed by atoms with van der Waals surface area (Å²) in [5, 5.41) is 3.19. The van der Waals surface area contributed by atoms with Gasteiger partial charge in [-0.05, 0) is 26.0 Å². The topological polar surface area (TPSA) is 88.9 Å². The van der Waals surface area contributed by atoms with E-state index in [1.165, 1.54) is 6.33 Å². The molecule has 0 atom stereocenters. The Morgan fingerprint density at radius 1 is 1.40 bits per heavy atom. The van der Waals surface area contributed by atoms with Crippen molar-refractivity contribution in [3.63, 3.8) is 0 Å². The van der Waals surface area contributed by atoms with E-state index in [1.807, 2.05) is 26.0 Å². The number of H-pyrrole nitrogens is 1. The molecule has 20 heavy (non-hydrogen) atoms. The molecule has 7 heteroatoms. The number of nitrogens with one attached hydrogen (secondary N) is 2. The Morgan fingerprint density at radius 3 is 3.05 bits per heavy atom. The number of ether oxygens (including phenoxy) is 1. The highest BCUT2D eigenvalue weighted by Gasteiger charge is 2.11. The molecule has 0 aliphatic carbocycles. The van der Waals surface area contributed by atoms with Crippen LogP contribution in [-0.4, -0.2) is 26.0 Å². The van der Waals surface area contributed by atoms with Gasteiger partial charge < -0.3 is 19.5 Å². The number of anilines is 1. The zero-order valence-corrected chi connectivity index (χ0v) is 11.3. The Balaban J connectivity index is 1.84. The molecule has 3 aromatic heterocycles. The first-order chi connectivity index (χ1) is 9.72. The van der Waals surface area contributed by atoms with Gasteiger partial charge in [-0.25, -0.2) is 9.97 Å². The van der Waals surface area contributed by atoms with Gasteiger partial charge in [-0.3, -0.25) is 0 Å². The van der Waals surface area contributed by atoms with E-state index in [2.05, 4.69) is 25.3 Å². The normalized spacial score (nSPS) is 11.2. The summed E-state index contributed by atoms with van der Waals surface area (Å²) in [6.07, 6.45) is 3.15. The second-order valence-electron chi connectivity index (χ2n) is 4.56. The summed E-state index contributed by atoms with van der Waals surface area (Å²) >= 11 is 0. The number of hydrogen-bond donors (Lipinski definition) is 2. The minimum atomic E-state index is 0.0445. The van der Waals surface area contributed by atoms with Crippen LogP contribution in [0.25, 0.3) is 11.2 Å². The monoisotopic (exact) mass is 273 g/mol. The van der Waals surface area contributed by atoms with Gasteiger partial charge in [-0.15, -0.1) is 0 Å². The summed E-state index contributed by atoms with van der Waals surface area (Å²) in [6.45, 7) is 4.42. The fourth-order valence-corrected chi connectivity index (χ4v) is 1.80. The van der Waals surface area contributed by atoms with E-state index in [-0.39, 0.29) is 6.10 Å². The average Bonchev–Trinajstić information content (AvgIpc) is 3.03. The fraction of sp³-hybridized carbons (Fsp3) is 0.308. The van der Waals surface area contributed by atoms with E-state index < -0.39 is 0 Å². The molecule has 0 radical (unpaired) electrons. The number of fused-ring (bicyclic) bond motifs is 1. The first-order valence-corrected chi connectivity index (χ1v) is 6.36. The predicted molar refractivity (Wildman–Crippen MR) is 73.5 cm³/mol. The summed E-state index contributed by atoms with van der Waals surface area (Å²) < 4.78 is 10.8. The standard InChI is InChI=1S/C13H15N5O2/c1-8(2)20-13-17-10-11(15-7-16-12(10)18-13)14-6-9-4-3-5-19-9/h3-5,7-8H,6H2,1-2H3,(H2,14,15,16,17,18). The van der Waals surface area contributed by atoms with Crippen molar-refractivity contribution in [2.75, 3.05) is 5.32 Å². The van der Waals surface area contributed by atoms with Crippen LogP contribution in [0.4, 0.5) is 5.82 Å². The van der Waals surface area contributed by atoms with Gasteiger partial charge in [0, 0.05) is 0 Å². The van der Waals surface area contributed by atoms with Gasteiger partial charge in [0.25, 0.3) is 6.01 Å². The molecule has 0 aromatic carbocycles. The minimum absolute atomic E-state index is 0.0445. The van der Waals surface area contributed by atoms with Crippen molar-refractivity contribution in [1.29, 1.82) is 0 Å². The van der Waals surface area contributed by atoms with E-state index in [1.54, 1.807) is 6.26 Å². The molecule has 3 aromatic rings. The Bertz CT molecular complexity index is 690. The maximum atomic E-state index is 5.52. The molecule has 0 amide bonds. The first kappa shape index (κ1) is 12.5. The molecule has 0 aliphatic rings. The second-order valence-corrected chi connectivity index (χ2v) is 4.56. The maximum absolute atomic E-state index is 5.52. The third-order valence-corrected chi connectivity index (χ3v) is 2.62. The third-order valence-electron chi connectivity index (χ3n) is 2.62. The number of hydrogen-bond acceptors (Lipinski definition) is 6. The van der Waals surface area contributed by atoms with Crippen molar-refractivity contribution in [3.05, 3.63) is 30.5 Å². The molecule has 0 spiro atoms. The zero-order chi connectivity index (χ0) is 13.9. The molecule has 0 saturated carbocycles. The van der Waals surface area contributed by atoms with Crippen LogP contribution in [0.3, 0.4) is 0 Å². The summed E-state index contributed by atoms with van der Waals surface area (Å²) in [4.78, 5) is 15.7. The van der Waals surface area contributed by atoms with Crippen LogP contribution in [0.15, 0.2) is 29.1 Å². The summed E-state index contributed by atoms with van der Waals surface area (Å²) in [5.41, 5.74) is 1.28. The fourth-order valence-electron chi connectivity index (χ4n) is 1.80. The van der Waals surface area contributed by atoms with Crippen molar-refractivity contribution < 1.29 is 9.15 Å². The molecule has 3 heterocycles. The molecular weight excluding hydrogens is 258 g/mol. The summed E-state index contributed by atoms with van der Waals surface area (Å²) in [6, 6.07) is 4.18. The molecule has 104 valence electrons. The van der Waals surface area contributed by atoms with Crippen LogP contribution in [0, 0.1) is 0 Å². The molecule has 0 aliphatic heterocycles. The lowest BCUT2D eigenvalue weighted by Gasteiger charge is -2.04. The highest BCUT2D eigenvalue weighted by molar-refractivity contribution is 5.82. The average molecular weight is 273 g/mol. The summed E-state index contributed by atoms with van der Waals surface area (Å²) in [5.74, 6) is 1.49. The van der Waals surface area contributed by atoms with Crippen LogP contribution in [0.2, 0.25) is 0 Å². The van der Waals surface area contributed by atoms with E-state index in [0.29, 0.717) is 24.0 Å². The van der Waals surface area contributed by atoms with Gasteiger partial charge in [0.2, 0.25) is 0 Å². The van der Waals surface area contributed by atoms with Crippen LogP contribution in [0.1, 0.15) is 19.6 Å². The number of nitrogens with zero attached hydrogens (tertiary/aromatic N) is 3. The van der Waals surface area contributed by atoms with Crippen LogP contribution in [-0.2, 0) is 6.54 Å². The Kier molecular flexibility index (Phi) is 3.24. The Hall–Kier alpha value is -2.57. The number of imidazole rings is 1. The highest BCUT2D eigenvalue weighted by atomic mass is 16.5. The second kappa shape index (κ2) is 5.20. The van der Waals surface area contributed by atoms with Gasteiger partial charge in [-0.2, -0.15) is 4.98 Å². The Morgan fingerprint density at radius 2 is 2.30 bits per heavy atom. The molecule has 0 unspecified atom stereocenters. The lowest BCUT2D eigenvalue weighted by molar-refractivity contribution is 0.225. The first-order valence-electron chi connectivity index (χ1n) is 6.36. The van der Waals surface area contributed by atoms with E-state index in [9.17, 15) is 0 Å². The molecule has 0 saturated heterocycles. The van der Waals surface area contributed by atoms with Crippen LogP contribution < -0.4 is 10.1 Å². The molecular formula is C13H15N5O2. The lowest BCUT2D eigenvalue weighted by atomic mass is 10.4. The van der Waals surface area contributed by atoms with Crippen LogP contribution in [0.5, 0.6) is 6.01 Å². The number of furan rings is 1. The largest absolute Gasteiger partial charge is 0.467 e. The number of aromatic amines is 1. The molecule has 0 bridgehead atoms. The Labute approximate surface area is 115 Å². The minimum Gasteiger partial charge on any atom is -0.467 e. The van der Waals surface area contributed by atoms with Crippen molar-refractivity contribution in [2.24, 2.45) is 0 Å². The number of aromatic nitrogens is 4. The zero-order valence-electron chi connectivity index (χ0n) is 11.3. The van der Waals surface area contributed by atoms with Gasteiger partial charge in [0.1, 0.15) is 17.6 Å². The van der Waals surface area contributed by atoms with Gasteiger partial charge >= 0.3 is 0 Å². The predicted octanol–water partition coefficient (Wildman–Crippen LogP) is 2.35. The van der Waals surface area contributed by atoms with Crippen molar-refractivity contribution in [2.45, 2.75) is 26.5 Å². The smallest absolute Gasteiger partial charge is 0.296 e. The van der Waals surface area contributed by atoms with Crippen molar-refractivity contribution >= 4 is 17.0 Å². The van der Waals surface area contributed by atoms with Gasteiger partial charge in [0.15, 0.2) is 11.5 Å². The van der Waals surface area contributed by atoms with Crippen molar-refractivity contribution in [1.82, 2.24) is 19.9 Å². The third kappa shape index (κ3) is 2.56. The molecule has 0 fully saturated rings. The SMILES string of the molecule is CC(C)Oc1nc2ncnc(NCc3ccco3)c2[nH]1. The maximum Gasteiger partial charge on any atom is 0.296 e. The quantitative estimate of drug-likeness (QED) is 0.741. The van der Waals surface area contributed by atoms with Gasteiger partial charge in [0.05, 0.1) is 18.9 Å². The van der Waals surface area contributed by atoms with E-state index >= 15 is 0 Å². The van der Waals surface area contributed by atoms with Crippen LogP contribution >= 0.6 is 0 Å². The highest BCUT2D eigenvalue weighted by Crippen LogP contribution is 2.20. The van der Waals surface area contributed by atoms with Gasteiger partial charge in [-0.1, -0.05) is 0 Å². The molecule has 3 rings (SSSR count). The van der Waals surface area contributed by atoms with E-state index in [4.69, 9.17) is 9.15 Å².